The molecule has 1 rings (SSSR count). The summed E-state index contributed by atoms with van der Waals surface area (Å²) in [5.74, 6) is -2.46. The third-order valence-corrected chi connectivity index (χ3v) is 5.00. The van der Waals surface area contributed by atoms with Crippen LogP contribution in [0, 0.1) is 11.7 Å². The summed E-state index contributed by atoms with van der Waals surface area (Å²) in [5, 5.41) is -0.175. The van der Waals surface area contributed by atoms with Crippen LogP contribution < -0.4 is 4.31 Å². The molecule has 0 fully saturated rings. The molecular weight excluding hydrogens is 309 g/mol. The van der Waals surface area contributed by atoms with Crippen LogP contribution in [-0.2, 0) is 19.6 Å². The summed E-state index contributed by atoms with van der Waals surface area (Å²) in [5.41, 5.74) is 0.216. The van der Waals surface area contributed by atoms with Crippen LogP contribution in [0.4, 0.5) is 10.1 Å². The van der Waals surface area contributed by atoms with E-state index < -0.39 is 33.5 Å². The molecule has 0 heterocycles. The monoisotopic (exact) mass is 323 g/mol. The summed E-state index contributed by atoms with van der Waals surface area (Å²) in [7, 11) is -1.25. The van der Waals surface area contributed by atoms with E-state index in [2.05, 4.69) is 4.74 Å². The van der Waals surface area contributed by atoms with Crippen molar-refractivity contribution in [1.29, 1.82) is 0 Å². The van der Waals surface area contributed by atoms with Crippen molar-refractivity contribution in [3.8, 4) is 0 Å². The molecule has 8 heteroatoms. The molecule has 1 aromatic carbocycles. The van der Waals surface area contributed by atoms with Gasteiger partial charge in [0.25, 0.3) is 0 Å². The van der Waals surface area contributed by atoms with E-state index in [1.165, 1.54) is 33.2 Å². The molecule has 1 atom stereocenters. The smallest absolute Gasteiger partial charge is 0.309 e. The highest BCUT2D eigenvalue weighted by Gasteiger charge is 2.26. The molecule has 0 spiro atoms. The maximum Gasteiger partial charge on any atom is 0.309 e. The maximum absolute atomic E-state index is 13.1. The number of carbonyl (C=O) groups excluding carboxylic acids is 1. The summed E-state index contributed by atoms with van der Waals surface area (Å²) < 4.78 is 42.8. The Balaban J connectivity index is 2.97. The Kier molecular flexibility index (Phi) is 5.35. The van der Waals surface area contributed by atoms with Crippen molar-refractivity contribution in [2.75, 3.05) is 24.2 Å². The van der Waals surface area contributed by atoms with E-state index >= 15 is 0 Å². The van der Waals surface area contributed by atoms with Crippen LogP contribution in [0.15, 0.2) is 18.2 Å². The quantitative estimate of drug-likeness (QED) is 0.778. The van der Waals surface area contributed by atoms with Gasteiger partial charge in [-0.25, -0.2) is 12.8 Å². The van der Waals surface area contributed by atoms with Crippen molar-refractivity contribution in [3.05, 3.63) is 29.0 Å². The van der Waals surface area contributed by atoms with Crippen LogP contribution >= 0.6 is 11.6 Å². The third-order valence-electron chi connectivity index (χ3n) is 2.75. The van der Waals surface area contributed by atoms with Gasteiger partial charge in [0, 0.05) is 7.05 Å². The number of nitrogens with zero attached hydrogens (tertiary/aromatic N) is 1. The molecule has 0 aromatic heterocycles. The molecular formula is C12H15ClFNO4S. The number of anilines is 1. The van der Waals surface area contributed by atoms with Gasteiger partial charge >= 0.3 is 5.97 Å². The van der Waals surface area contributed by atoms with Gasteiger partial charge in [-0.1, -0.05) is 18.5 Å². The number of hydrogen-bond acceptors (Lipinski definition) is 4. The maximum atomic E-state index is 13.1. The van der Waals surface area contributed by atoms with Gasteiger partial charge in [-0.15, -0.1) is 0 Å². The molecule has 5 nitrogen and oxygen atoms in total. The van der Waals surface area contributed by atoms with Crippen molar-refractivity contribution in [1.82, 2.24) is 0 Å². The molecule has 20 heavy (non-hydrogen) atoms. The van der Waals surface area contributed by atoms with Crippen LogP contribution in [0.5, 0.6) is 0 Å². The van der Waals surface area contributed by atoms with E-state index in [-0.39, 0.29) is 10.7 Å². The lowest BCUT2D eigenvalue weighted by molar-refractivity contribution is -0.144. The van der Waals surface area contributed by atoms with Gasteiger partial charge in [-0.05, 0) is 18.2 Å². The molecule has 0 aliphatic heterocycles. The van der Waals surface area contributed by atoms with Crippen LogP contribution in [0.25, 0.3) is 0 Å². The predicted octanol–water partition coefficient (Wildman–Crippen LogP) is 2.05. The van der Waals surface area contributed by atoms with Crippen molar-refractivity contribution in [2.45, 2.75) is 6.92 Å². The summed E-state index contributed by atoms with van der Waals surface area (Å²) >= 11 is 5.62. The minimum absolute atomic E-state index is 0.175. The number of sulfonamides is 1. The molecule has 0 saturated heterocycles. The Morgan fingerprint density at radius 2 is 2.10 bits per heavy atom. The fourth-order valence-corrected chi connectivity index (χ4v) is 3.14. The van der Waals surface area contributed by atoms with E-state index in [0.29, 0.717) is 0 Å². The molecule has 0 amide bonds. The fourth-order valence-electron chi connectivity index (χ4n) is 1.54. The average Bonchev–Trinajstić information content (AvgIpc) is 2.39. The molecule has 0 aliphatic rings. The van der Waals surface area contributed by atoms with E-state index in [9.17, 15) is 17.6 Å². The van der Waals surface area contributed by atoms with E-state index in [4.69, 9.17) is 11.6 Å². The standard InChI is InChI=1S/C12H15ClFNO4S/c1-8(12(16)19-3)7-20(17,18)15(2)9-4-5-11(14)10(13)6-9/h4-6,8H,7H2,1-3H3/t8-/m1/s1. The average molecular weight is 324 g/mol. The summed E-state index contributed by atoms with van der Waals surface area (Å²) in [4.78, 5) is 11.3. The molecule has 0 saturated carbocycles. The molecule has 112 valence electrons. The Hall–Kier alpha value is -1.34. The fraction of sp³-hybridized carbons (Fsp3) is 0.417. The van der Waals surface area contributed by atoms with Gasteiger partial charge in [0.05, 0.1) is 29.5 Å². The number of benzene rings is 1. The summed E-state index contributed by atoms with van der Waals surface area (Å²) in [6.45, 7) is 1.45. The largest absolute Gasteiger partial charge is 0.469 e. The zero-order valence-corrected chi connectivity index (χ0v) is 12.8. The van der Waals surface area contributed by atoms with Crippen LogP contribution in [0.1, 0.15) is 6.92 Å². The van der Waals surface area contributed by atoms with Gasteiger partial charge in [0.15, 0.2) is 0 Å². The Morgan fingerprint density at radius 1 is 1.50 bits per heavy atom. The highest BCUT2D eigenvalue weighted by molar-refractivity contribution is 7.92. The Bertz CT molecular complexity index is 605. The first-order valence-corrected chi connectivity index (χ1v) is 7.67. The Morgan fingerprint density at radius 3 is 2.60 bits per heavy atom. The lowest BCUT2D eigenvalue weighted by Crippen LogP contribution is -2.34. The van der Waals surface area contributed by atoms with Crippen LogP contribution in [-0.4, -0.2) is 34.3 Å². The lowest BCUT2D eigenvalue weighted by Gasteiger charge is -2.21. The molecule has 0 radical (unpaired) electrons. The zero-order chi connectivity index (χ0) is 15.5. The second-order valence-corrected chi connectivity index (χ2v) is 6.72. The highest BCUT2D eigenvalue weighted by atomic mass is 35.5. The first kappa shape index (κ1) is 16.7. The second kappa shape index (κ2) is 6.41. The van der Waals surface area contributed by atoms with Crippen LogP contribution in [0.3, 0.4) is 0 Å². The number of ether oxygens (including phenoxy) is 1. The topological polar surface area (TPSA) is 63.7 Å². The number of hydrogen-bond donors (Lipinski definition) is 0. The van der Waals surface area contributed by atoms with Gasteiger partial charge in [0.1, 0.15) is 5.82 Å². The number of halogens is 2. The van der Waals surface area contributed by atoms with Crippen molar-refractivity contribution in [2.24, 2.45) is 5.92 Å². The Labute approximate surface area is 122 Å². The zero-order valence-electron chi connectivity index (χ0n) is 11.3. The van der Waals surface area contributed by atoms with Crippen LogP contribution in [0.2, 0.25) is 5.02 Å². The second-order valence-electron chi connectivity index (χ2n) is 4.27. The minimum Gasteiger partial charge on any atom is -0.469 e. The van der Waals surface area contributed by atoms with Gasteiger partial charge < -0.3 is 4.74 Å². The molecule has 0 N–H and O–H groups in total. The van der Waals surface area contributed by atoms with E-state index in [0.717, 1.165) is 10.4 Å². The molecule has 0 unspecified atom stereocenters. The number of methoxy groups -OCH3 is 1. The predicted molar refractivity (Wildman–Crippen MR) is 74.8 cm³/mol. The molecule has 0 aliphatic carbocycles. The SMILES string of the molecule is COC(=O)[C@H](C)CS(=O)(=O)N(C)c1ccc(F)c(Cl)c1. The molecule has 1 aromatic rings. The number of carbonyl (C=O) groups is 1. The first-order chi connectivity index (χ1) is 9.19. The minimum atomic E-state index is -3.75. The van der Waals surface area contributed by atoms with Gasteiger partial charge in [-0.2, -0.15) is 0 Å². The third kappa shape index (κ3) is 3.83. The number of esters is 1. The van der Waals surface area contributed by atoms with Crippen molar-refractivity contribution in [3.63, 3.8) is 0 Å². The summed E-state index contributed by atoms with van der Waals surface area (Å²) in [6.07, 6.45) is 0. The van der Waals surface area contributed by atoms with Crippen molar-refractivity contribution < 1.29 is 22.3 Å². The van der Waals surface area contributed by atoms with E-state index in [1.54, 1.807) is 0 Å². The lowest BCUT2D eigenvalue weighted by atomic mass is 10.2. The molecule has 0 bridgehead atoms. The van der Waals surface area contributed by atoms with Gasteiger partial charge in [0.2, 0.25) is 10.0 Å². The highest BCUT2D eigenvalue weighted by Crippen LogP contribution is 2.24. The normalized spacial score (nSPS) is 12.8. The van der Waals surface area contributed by atoms with E-state index in [1.807, 2.05) is 0 Å². The van der Waals surface area contributed by atoms with Gasteiger partial charge in [-0.3, -0.25) is 9.10 Å². The number of rotatable bonds is 5. The van der Waals surface area contributed by atoms with Crippen molar-refractivity contribution >= 4 is 33.3 Å². The first-order valence-electron chi connectivity index (χ1n) is 5.68. The summed E-state index contributed by atoms with van der Waals surface area (Å²) in [6, 6.07) is 3.58.